The third kappa shape index (κ3) is 3.82. The summed E-state index contributed by atoms with van der Waals surface area (Å²) in [6.45, 7) is 8.15. The molecule has 2 nitrogen and oxygen atoms in total. The van der Waals surface area contributed by atoms with Crippen molar-refractivity contribution in [2.24, 2.45) is 0 Å². The van der Waals surface area contributed by atoms with Crippen molar-refractivity contribution < 1.29 is 0 Å². The van der Waals surface area contributed by atoms with Crippen LogP contribution in [0.15, 0.2) is 30.3 Å². The van der Waals surface area contributed by atoms with Crippen LogP contribution in [0.3, 0.4) is 0 Å². The second-order valence-corrected chi connectivity index (χ2v) is 5.41. The molecule has 0 bridgehead atoms. The zero-order chi connectivity index (χ0) is 12.8. The number of aryl methyl sites for hydroxylation is 1. The molecule has 2 heteroatoms. The lowest BCUT2D eigenvalue weighted by Gasteiger charge is -2.24. The number of hydrogen-bond donors (Lipinski definition) is 1. The highest BCUT2D eigenvalue weighted by Crippen LogP contribution is 2.16. The summed E-state index contributed by atoms with van der Waals surface area (Å²) in [5.74, 6) is 0. The van der Waals surface area contributed by atoms with Crippen LogP contribution in [0.1, 0.15) is 32.3 Å². The molecule has 0 spiro atoms. The van der Waals surface area contributed by atoms with Crippen LogP contribution in [0.2, 0.25) is 0 Å². The number of likely N-dealkylation sites (N-methyl/N-ethyl adjacent to an activating group) is 1. The molecule has 0 aromatic heterocycles. The van der Waals surface area contributed by atoms with Gasteiger partial charge < -0.3 is 5.32 Å². The maximum Gasteiger partial charge on any atom is 0.0207 e. The van der Waals surface area contributed by atoms with Crippen LogP contribution in [-0.4, -0.2) is 36.6 Å². The Hall–Kier alpha value is -0.860. The van der Waals surface area contributed by atoms with E-state index in [4.69, 9.17) is 0 Å². The Morgan fingerprint density at radius 3 is 2.83 bits per heavy atom. The maximum atomic E-state index is 3.56. The van der Waals surface area contributed by atoms with Crippen LogP contribution < -0.4 is 5.32 Å². The van der Waals surface area contributed by atoms with Gasteiger partial charge in [-0.05, 0) is 38.3 Å². The predicted molar refractivity (Wildman–Crippen MR) is 77.9 cm³/mol. The zero-order valence-electron chi connectivity index (χ0n) is 11.7. The minimum absolute atomic E-state index is 0.703. The SMILES string of the molecule is CCNC1CCN(C(C)CCc2ccccc2)C1. The lowest BCUT2D eigenvalue weighted by atomic mass is 10.1. The molecule has 100 valence electrons. The summed E-state index contributed by atoms with van der Waals surface area (Å²) in [4.78, 5) is 2.64. The summed E-state index contributed by atoms with van der Waals surface area (Å²) in [5, 5.41) is 3.56. The lowest BCUT2D eigenvalue weighted by molar-refractivity contribution is 0.241. The molecule has 2 rings (SSSR count). The average Bonchev–Trinajstić information content (AvgIpc) is 2.86. The Morgan fingerprint density at radius 2 is 2.11 bits per heavy atom. The standard InChI is InChI=1S/C16H26N2/c1-3-17-16-11-12-18(13-16)14(2)9-10-15-7-5-4-6-8-15/h4-8,14,16-17H,3,9-13H2,1-2H3. The van der Waals surface area contributed by atoms with E-state index in [0.717, 1.165) is 6.54 Å². The second-order valence-electron chi connectivity index (χ2n) is 5.41. The van der Waals surface area contributed by atoms with E-state index in [1.165, 1.54) is 37.9 Å². The van der Waals surface area contributed by atoms with Gasteiger partial charge in [-0.2, -0.15) is 0 Å². The number of benzene rings is 1. The van der Waals surface area contributed by atoms with Crippen molar-refractivity contribution in [1.82, 2.24) is 10.2 Å². The normalized spacial score (nSPS) is 22.2. The van der Waals surface area contributed by atoms with Crippen LogP contribution >= 0.6 is 0 Å². The molecule has 1 heterocycles. The summed E-state index contributed by atoms with van der Waals surface area (Å²) >= 11 is 0. The van der Waals surface area contributed by atoms with Crippen molar-refractivity contribution in [3.05, 3.63) is 35.9 Å². The Kier molecular flexibility index (Phi) is 5.21. The van der Waals surface area contributed by atoms with Crippen molar-refractivity contribution in [3.63, 3.8) is 0 Å². The van der Waals surface area contributed by atoms with Crippen LogP contribution in [0, 0.1) is 0 Å². The first-order chi connectivity index (χ1) is 8.79. The largest absolute Gasteiger partial charge is 0.313 e. The van der Waals surface area contributed by atoms with Gasteiger partial charge in [0, 0.05) is 25.2 Å². The molecule has 1 aliphatic rings. The van der Waals surface area contributed by atoms with Gasteiger partial charge in [-0.1, -0.05) is 37.3 Å². The molecule has 1 aliphatic heterocycles. The van der Waals surface area contributed by atoms with E-state index in [0.29, 0.717) is 12.1 Å². The van der Waals surface area contributed by atoms with Crippen molar-refractivity contribution in [2.45, 2.75) is 45.2 Å². The first kappa shape index (κ1) is 13.6. The minimum Gasteiger partial charge on any atom is -0.313 e. The summed E-state index contributed by atoms with van der Waals surface area (Å²) in [7, 11) is 0. The van der Waals surface area contributed by atoms with Crippen molar-refractivity contribution in [2.75, 3.05) is 19.6 Å². The van der Waals surface area contributed by atoms with Gasteiger partial charge in [-0.25, -0.2) is 0 Å². The van der Waals surface area contributed by atoms with Crippen LogP contribution in [0.5, 0.6) is 0 Å². The Labute approximate surface area is 111 Å². The number of rotatable bonds is 6. The molecule has 2 unspecified atom stereocenters. The van der Waals surface area contributed by atoms with Gasteiger partial charge in [0.25, 0.3) is 0 Å². The minimum atomic E-state index is 0.703. The van der Waals surface area contributed by atoms with Crippen molar-refractivity contribution >= 4 is 0 Å². The average molecular weight is 246 g/mol. The molecule has 0 amide bonds. The van der Waals surface area contributed by atoms with Crippen LogP contribution in [0.25, 0.3) is 0 Å². The Balaban J connectivity index is 1.74. The highest BCUT2D eigenvalue weighted by atomic mass is 15.2. The first-order valence-electron chi connectivity index (χ1n) is 7.31. The van der Waals surface area contributed by atoms with E-state index in [9.17, 15) is 0 Å². The van der Waals surface area contributed by atoms with Crippen LogP contribution in [0.4, 0.5) is 0 Å². The molecule has 1 fully saturated rings. The number of hydrogen-bond acceptors (Lipinski definition) is 2. The van der Waals surface area contributed by atoms with E-state index in [1.54, 1.807) is 0 Å². The topological polar surface area (TPSA) is 15.3 Å². The number of nitrogens with one attached hydrogen (secondary N) is 1. The summed E-state index contributed by atoms with van der Waals surface area (Å²) in [5.41, 5.74) is 1.46. The highest BCUT2D eigenvalue weighted by Gasteiger charge is 2.24. The fourth-order valence-corrected chi connectivity index (χ4v) is 2.85. The zero-order valence-corrected chi connectivity index (χ0v) is 11.7. The van der Waals surface area contributed by atoms with Gasteiger partial charge in [0.15, 0.2) is 0 Å². The van der Waals surface area contributed by atoms with E-state index in [-0.39, 0.29) is 0 Å². The van der Waals surface area contributed by atoms with Crippen LogP contribution in [-0.2, 0) is 6.42 Å². The quantitative estimate of drug-likeness (QED) is 0.830. The monoisotopic (exact) mass is 246 g/mol. The van der Waals surface area contributed by atoms with Gasteiger partial charge in [0.05, 0.1) is 0 Å². The Morgan fingerprint density at radius 1 is 1.33 bits per heavy atom. The molecule has 1 aromatic carbocycles. The lowest BCUT2D eigenvalue weighted by Crippen LogP contribution is -2.36. The van der Waals surface area contributed by atoms with E-state index < -0.39 is 0 Å². The number of likely N-dealkylation sites (tertiary alicyclic amines) is 1. The number of nitrogens with zero attached hydrogens (tertiary/aromatic N) is 1. The fourth-order valence-electron chi connectivity index (χ4n) is 2.85. The summed E-state index contributed by atoms with van der Waals surface area (Å²) in [6, 6.07) is 12.3. The summed E-state index contributed by atoms with van der Waals surface area (Å²) < 4.78 is 0. The van der Waals surface area contributed by atoms with Gasteiger partial charge in [-0.3, -0.25) is 4.90 Å². The van der Waals surface area contributed by atoms with Crippen molar-refractivity contribution in [1.29, 1.82) is 0 Å². The molecule has 0 radical (unpaired) electrons. The molecule has 0 saturated carbocycles. The molecule has 1 N–H and O–H groups in total. The molecule has 0 aliphatic carbocycles. The molecular formula is C16H26N2. The second kappa shape index (κ2) is 6.91. The van der Waals surface area contributed by atoms with E-state index >= 15 is 0 Å². The highest BCUT2D eigenvalue weighted by molar-refractivity contribution is 5.14. The Bertz CT molecular complexity index is 336. The molecule has 2 atom stereocenters. The molecular weight excluding hydrogens is 220 g/mol. The maximum absolute atomic E-state index is 3.56. The van der Waals surface area contributed by atoms with E-state index in [2.05, 4.69) is 54.4 Å². The smallest absolute Gasteiger partial charge is 0.0207 e. The third-order valence-electron chi connectivity index (χ3n) is 4.03. The third-order valence-corrected chi connectivity index (χ3v) is 4.03. The van der Waals surface area contributed by atoms with Gasteiger partial charge in [0.2, 0.25) is 0 Å². The van der Waals surface area contributed by atoms with Gasteiger partial charge in [0.1, 0.15) is 0 Å². The molecule has 18 heavy (non-hydrogen) atoms. The first-order valence-corrected chi connectivity index (χ1v) is 7.31. The molecule has 1 saturated heterocycles. The fraction of sp³-hybridized carbons (Fsp3) is 0.625. The summed E-state index contributed by atoms with van der Waals surface area (Å²) in [6.07, 6.45) is 3.77. The predicted octanol–water partition coefficient (Wildman–Crippen LogP) is 2.69. The van der Waals surface area contributed by atoms with Crippen molar-refractivity contribution in [3.8, 4) is 0 Å². The molecule has 1 aromatic rings. The van der Waals surface area contributed by atoms with Gasteiger partial charge >= 0.3 is 0 Å². The van der Waals surface area contributed by atoms with Gasteiger partial charge in [-0.15, -0.1) is 0 Å². The van der Waals surface area contributed by atoms with E-state index in [1.807, 2.05) is 0 Å².